The van der Waals surface area contributed by atoms with Gasteiger partial charge in [-0.05, 0) is 30.2 Å². The van der Waals surface area contributed by atoms with Gasteiger partial charge in [-0.15, -0.1) is 0 Å². The third-order valence-electron chi connectivity index (χ3n) is 3.34. The molecule has 0 atom stereocenters. The predicted octanol–water partition coefficient (Wildman–Crippen LogP) is 2.37. The van der Waals surface area contributed by atoms with Gasteiger partial charge in [-0.2, -0.15) is 0 Å². The lowest BCUT2D eigenvalue weighted by Crippen LogP contribution is -2.29. The first kappa shape index (κ1) is 11.8. The molecule has 0 fully saturated rings. The lowest BCUT2D eigenvalue weighted by Gasteiger charge is -2.14. The first-order valence-electron chi connectivity index (χ1n) is 6.06. The van der Waals surface area contributed by atoms with Crippen molar-refractivity contribution in [1.29, 1.82) is 0 Å². The van der Waals surface area contributed by atoms with Gasteiger partial charge >= 0.3 is 6.09 Å². The van der Waals surface area contributed by atoms with E-state index in [0.29, 0.717) is 12.4 Å². The second kappa shape index (κ2) is 4.42. The quantitative estimate of drug-likeness (QED) is 0.788. The minimum atomic E-state index is -0.367. The Morgan fingerprint density at radius 2 is 2.16 bits per heavy atom. The van der Waals surface area contributed by atoms with Crippen molar-refractivity contribution in [3.05, 3.63) is 29.8 Å². The van der Waals surface area contributed by atoms with Gasteiger partial charge in [-0.25, -0.2) is 9.78 Å². The summed E-state index contributed by atoms with van der Waals surface area (Å²) in [5.74, 6) is 1.44. The van der Waals surface area contributed by atoms with Crippen LogP contribution in [-0.2, 0) is 11.2 Å². The SMILES string of the molecule is COC(=O)N1CCc2cc3ccc(OC)cc3nc21. The molecule has 5 heteroatoms. The number of anilines is 1. The summed E-state index contributed by atoms with van der Waals surface area (Å²) in [4.78, 5) is 17.8. The van der Waals surface area contributed by atoms with Gasteiger partial charge in [-0.1, -0.05) is 0 Å². The van der Waals surface area contributed by atoms with Crippen molar-refractivity contribution >= 4 is 22.8 Å². The molecule has 1 amide bonds. The van der Waals surface area contributed by atoms with E-state index in [4.69, 9.17) is 9.47 Å². The molecule has 0 aliphatic carbocycles. The van der Waals surface area contributed by atoms with E-state index < -0.39 is 0 Å². The van der Waals surface area contributed by atoms with Crippen LogP contribution in [0.4, 0.5) is 10.6 Å². The maximum Gasteiger partial charge on any atom is 0.415 e. The Labute approximate surface area is 110 Å². The number of carbonyl (C=O) groups is 1. The van der Waals surface area contributed by atoms with E-state index in [1.807, 2.05) is 18.2 Å². The van der Waals surface area contributed by atoms with Gasteiger partial charge in [-0.3, -0.25) is 4.90 Å². The van der Waals surface area contributed by atoms with E-state index >= 15 is 0 Å². The molecule has 3 rings (SSSR count). The summed E-state index contributed by atoms with van der Waals surface area (Å²) in [6, 6.07) is 7.81. The molecule has 0 bridgehead atoms. The minimum Gasteiger partial charge on any atom is -0.497 e. The largest absolute Gasteiger partial charge is 0.497 e. The van der Waals surface area contributed by atoms with Gasteiger partial charge in [0.2, 0.25) is 0 Å². The molecule has 0 radical (unpaired) electrons. The monoisotopic (exact) mass is 258 g/mol. The number of pyridine rings is 1. The first-order valence-corrected chi connectivity index (χ1v) is 6.06. The smallest absolute Gasteiger partial charge is 0.415 e. The highest BCUT2D eigenvalue weighted by Crippen LogP contribution is 2.31. The van der Waals surface area contributed by atoms with Crippen molar-refractivity contribution in [2.45, 2.75) is 6.42 Å². The number of rotatable bonds is 1. The number of benzene rings is 1. The van der Waals surface area contributed by atoms with Crippen LogP contribution in [0.2, 0.25) is 0 Å². The molecule has 2 aromatic rings. The maximum atomic E-state index is 11.7. The highest BCUT2D eigenvalue weighted by Gasteiger charge is 2.27. The third-order valence-corrected chi connectivity index (χ3v) is 3.34. The number of carbonyl (C=O) groups excluding carboxylic acids is 1. The van der Waals surface area contributed by atoms with E-state index in [1.54, 1.807) is 12.0 Å². The van der Waals surface area contributed by atoms with Gasteiger partial charge in [0.05, 0.1) is 19.7 Å². The highest BCUT2D eigenvalue weighted by molar-refractivity contribution is 5.92. The molecular weight excluding hydrogens is 244 g/mol. The zero-order valence-electron chi connectivity index (χ0n) is 10.8. The fraction of sp³-hybridized carbons (Fsp3) is 0.286. The van der Waals surface area contributed by atoms with Gasteiger partial charge in [0, 0.05) is 18.0 Å². The van der Waals surface area contributed by atoms with Crippen LogP contribution in [0.25, 0.3) is 10.9 Å². The second-order valence-corrected chi connectivity index (χ2v) is 4.40. The normalized spacial score (nSPS) is 13.5. The van der Waals surface area contributed by atoms with Crippen molar-refractivity contribution in [2.24, 2.45) is 0 Å². The first-order chi connectivity index (χ1) is 9.22. The van der Waals surface area contributed by atoms with Crippen LogP contribution in [-0.4, -0.2) is 31.8 Å². The fourth-order valence-electron chi connectivity index (χ4n) is 2.35. The van der Waals surface area contributed by atoms with Crippen molar-refractivity contribution in [1.82, 2.24) is 4.98 Å². The highest BCUT2D eigenvalue weighted by atomic mass is 16.5. The number of hydrogen-bond acceptors (Lipinski definition) is 4. The van der Waals surface area contributed by atoms with Crippen LogP contribution in [0.5, 0.6) is 5.75 Å². The van der Waals surface area contributed by atoms with Gasteiger partial charge in [0.25, 0.3) is 0 Å². The van der Waals surface area contributed by atoms with E-state index in [1.165, 1.54) is 7.11 Å². The average Bonchev–Trinajstić information content (AvgIpc) is 2.86. The van der Waals surface area contributed by atoms with E-state index in [9.17, 15) is 4.79 Å². The fourth-order valence-corrected chi connectivity index (χ4v) is 2.35. The Hall–Kier alpha value is -2.30. The van der Waals surface area contributed by atoms with Crippen LogP contribution >= 0.6 is 0 Å². The number of fused-ring (bicyclic) bond motifs is 2. The molecule has 1 aliphatic rings. The Morgan fingerprint density at radius 1 is 1.32 bits per heavy atom. The molecule has 5 nitrogen and oxygen atoms in total. The number of nitrogens with zero attached hydrogens (tertiary/aromatic N) is 2. The van der Waals surface area contributed by atoms with Crippen molar-refractivity contribution < 1.29 is 14.3 Å². The van der Waals surface area contributed by atoms with Crippen LogP contribution in [0.3, 0.4) is 0 Å². The molecule has 19 heavy (non-hydrogen) atoms. The minimum absolute atomic E-state index is 0.367. The summed E-state index contributed by atoms with van der Waals surface area (Å²) in [6.07, 6.45) is 0.438. The molecule has 1 aromatic heterocycles. The molecular formula is C14H14N2O3. The van der Waals surface area contributed by atoms with Crippen LogP contribution in [0.1, 0.15) is 5.56 Å². The zero-order valence-corrected chi connectivity index (χ0v) is 10.8. The number of ether oxygens (including phenoxy) is 2. The summed E-state index contributed by atoms with van der Waals surface area (Å²) in [7, 11) is 3.00. The lowest BCUT2D eigenvalue weighted by atomic mass is 10.1. The van der Waals surface area contributed by atoms with Crippen LogP contribution < -0.4 is 9.64 Å². The van der Waals surface area contributed by atoms with E-state index in [-0.39, 0.29) is 6.09 Å². The number of aromatic nitrogens is 1. The second-order valence-electron chi connectivity index (χ2n) is 4.40. The molecule has 0 unspecified atom stereocenters. The lowest BCUT2D eigenvalue weighted by molar-refractivity contribution is 0.179. The number of amides is 1. The molecule has 1 aromatic carbocycles. The third kappa shape index (κ3) is 1.87. The molecule has 98 valence electrons. The molecule has 0 N–H and O–H groups in total. The predicted molar refractivity (Wildman–Crippen MR) is 71.8 cm³/mol. The molecule has 2 heterocycles. The van der Waals surface area contributed by atoms with Gasteiger partial charge in [0.15, 0.2) is 0 Å². The molecule has 0 saturated heterocycles. The van der Waals surface area contributed by atoms with Crippen LogP contribution in [0.15, 0.2) is 24.3 Å². The summed E-state index contributed by atoms with van der Waals surface area (Å²) < 4.78 is 9.96. The average molecular weight is 258 g/mol. The van der Waals surface area contributed by atoms with Gasteiger partial charge in [0.1, 0.15) is 11.6 Å². The standard InChI is InChI=1S/C14H14N2O3/c1-18-11-4-3-9-7-10-5-6-16(14(17)19-2)13(10)15-12(9)8-11/h3-4,7-8H,5-6H2,1-2H3. The van der Waals surface area contributed by atoms with Crippen LogP contribution in [0, 0.1) is 0 Å². The Balaban J connectivity index is 2.12. The Bertz CT molecular complexity index is 654. The molecule has 0 spiro atoms. The summed E-state index contributed by atoms with van der Waals surface area (Å²) >= 11 is 0. The van der Waals surface area contributed by atoms with Crippen molar-refractivity contribution in [3.63, 3.8) is 0 Å². The summed E-state index contributed by atoms with van der Waals surface area (Å²) in [5.41, 5.74) is 1.89. The van der Waals surface area contributed by atoms with Crippen molar-refractivity contribution in [2.75, 3.05) is 25.7 Å². The van der Waals surface area contributed by atoms with Crippen molar-refractivity contribution in [3.8, 4) is 5.75 Å². The Morgan fingerprint density at radius 3 is 2.89 bits per heavy atom. The Kier molecular flexibility index (Phi) is 2.74. The number of methoxy groups -OCH3 is 2. The maximum absolute atomic E-state index is 11.7. The van der Waals surface area contributed by atoms with Gasteiger partial charge < -0.3 is 9.47 Å². The molecule has 0 saturated carbocycles. The topological polar surface area (TPSA) is 51.7 Å². The van der Waals surface area contributed by atoms with E-state index in [2.05, 4.69) is 11.1 Å². The zero-order chi connectivity index (χ0) is 13.4. The number of hydrogen-bond donors (Lipinski definition) is 0. The summed E-state index contributed by atoms with van der Waals surface area (Å²) in [5, 5.41) is 1.05. The summed E-state index contributed by atoms with van der Waals surface area (Å²) in [6.45, 7) is 0.614. The molecule has 1 aliphatic heterocycles. The van der Waals surface area contributed by atoms with E-state index in [0.717, 1.165) is 28.6 Å².